The van der Waals surface area contributed by atoms with Crippen LogP contribution in [0.15, 0.2) is 6.20 Å². The molecule has 2 aliphatic rings. The lowest BCUT2D eigenvalue weighted by molar-refractivity contribution is -0.144. The van der Waals surface area contributed by atoms with E-state index in [-0.39, 0.29) is 24.8 Å². The van der Waals surface area contributed by atoms with Crippen molar-refractivity contribution in [1.29, 1.82) is 0 Å². The van der Waals surface area contributed by atoms with E-state index < -0.39 is 23.6 Å². The van der Waals surface area contributed by atoms with Crippen molar-refractivity contribution < 1.29 is 14.7 Å². The molecule has 2 saturated heterocycles. The molecule has 0 radical (unpaired) electrons. The van der Waals surface area contributed by atoms with E-state index in [2.05, 4.69) is 34.4 Å². The van der Waals surface area contributed by atoms with Gasteiger partial charge in [-0.2, -0.15) is 0 Å². The van der Waals surface area contributed by atoms with E-state index in [0.29, 0.717) is 5.41 Å². The average molecular weight is 463 g/mol. The summed E-state index contributed by atoms with van der Waals surface area (Å²) in [4.78, 5) is 30.0. The molecule has 2 aliphatic heterocycles. The van der Waals surface area contributed by atoms with Crippen molar-refractivity contribution >= 4 is 11.8 Å². The number of nitrogens with zero attached hydrogens (tertiary/aromatic N) is 5. The maximum atomic E-state index is 13.6. The highest BCUT2D eigenvalue weighted by molar-refractivity contribution is 5.90. The molecule has 1 aromatic heterocycles. The summed E-state index contributed by atoms with van der Waals surface area (Å²) in [5.74, 6) is -0.465. The van der Waals surface area contributed by atoms with Gasteiger partial charge in [0.15, 0.2) is 0 Å². The number of nitrogens with one attached hydrogen (secondary N) is 1. The topological polar surface area (TPSA) is 104 Å². The molecular formula is C24H42N6O3. The Morgan fingerprint density at radius 2 is 2.06 bits per heavy atom. The molecule has 2 fully saturated rings. The minimum absolute atomic E-state index is 0.150. The number of carbonyl (C=O) groups excluding carboxylic acids is 2. The standard InChI is InChI=1S/C24H42N6O3/c1-23(2,3)20(22(33)29-15-18(31)13-19(29)21(32)25-6)30-14-17(26-27-30)9-7-11-28-12-8-10-24(4,5)16-28/h14,18-20,31H,7-13,15-16H2,1-6H3,(H,25,32)/t18?,19-,20?/m1/s1. The maximum Gasteiger partial charge on any atom is 0.248 e. The van der Waals surface area contributed by atoms with Gasteiger partial charge in [-0.05, 0) is 49.6 Å². The Labute approximate surface area is 197 Å². The van der Waals surface area contributed by atoms with Crippen molar-refractivity contribution in [2.24, 2.45) is 10.8 Å². The van der Waals surface area contributed by atoms with Gasteiger partial charge in [0.05, 0.1) is 11.8 Å². The molecule has 0 spiro atoms. The monoisotopic (exact) mass is 462 g/mol. The van der Waals surface area contributed by atoms with Crippen LogP contribution in [-0.2, 0) is 16.0 Å². The molecule has 2 N–H and O–H groups in total. The summed E-state index contributed by atoms with van der Waals surface area (Å²) >= 11 is 0. The van der Waals surface area contributed by atoms with Crippen LogP contribution in [0.1, 0.15) is 72.0 Å². The highest BCUT2D eigenvalue weighted by Crippen LogP contribution is 2.34. The number of aliphatic hydroxyl groups is 1. The fourth-order valence-electron chi connectivity index (χ4n) is 5.28. The Kier molecular flexibility index (Phi) is 7.84. The molecule has 3 rings (SSSR count). The summed E-state index contributed by atoms with van der Waals surface area (Å²) in [6.07, 6.45) is 5.76. The van der Waals surface area contributed by atoms with Crippen LogP contribution in [0.4, 0.5) is 0 Å². The molecule has 3 heterocycles. The van der Waals surface area contributed by atoms with Crippen molar-refractivity contribution in [2.45, 2.75) is 84.9 Å². The molecule has 2 amide bonds. The van der Waals surface area contributed by atoms with Crippen molar-refractivity contribution in [1.82, 2.24) is 30.1 Å². The Balaban J connectivity index is 1.67. The van der Waals surface area contributed by atoms with E-state index >= 15 is 0 Å². The van der Waals surface area contributed by atoms with Crippen LogP contribution in [-0.4, -0.2) is 87.1 Å². The molecule has 3 atom stereocenters. The van der Waals surface area contributed by atoms with Crippen molar-refractivity contribution in [3.05, 3.63) is 11.9 Å². The first-order chi connectivity index (χ1) is 15.4. The van der Waals surface area contributed by atoms with Gasteiger partial charge in [0.2, 0.25) is 11.8 Å². The number of amides is 2. The first-order valence-electron chi connectivity index (χ1n) is 12.2. The molecule has 9 nitrogen and oxygen atoms in total. The lowest BCUT2D eigenvalue weighted by Crippen LogP contribution is -2.49. The molecule has 1 aromatic rings. The number of piperidine rings is 1. The molecule has 2 unspecified atom stereocenters. The SMILES string of the molecule is CNC(=O)[C@H]1CC(O)CN1C(=O)C(n1cc(CCCN2CCCC(C)(C)C2)nn1)C(C)(C)C. The number of aryl methyl sites for hydroxylation is 1. The van der Waals surface area contributed by atoms with E-state index in [1.165, 1.54) is 17.7 Å². The van der Waals surface area contributed by atoms with Crippen LogP contribution < -0.4 is 5.32 Å². The number of carbonyl (C=O) groups is 2. The van der Waals surface area contributed by atoms with E-state index in [9.17, 15) is 14.7 Å². The fraction of sp³-hybridized carbons (Fsp3) is 0.833. The van der Waals surface area contributed by atoms with Gasteiger partial charge in [0.25, 0.3) is 0 Å². The number of hydrogen-bond donors (Lipinski definition) is 2. The second kappa shape index (κ2) is 10.1. The Hall–Kier alpha value is -2.00. The van der Waals surface area contributed by atoms with E-state index in [4.69, 9.17) is 0 Å². The first-order valence-corrected chi connectivity index (χ1v) is 12.2. The van der Waals surface area contributed by atoms with Gasteiger partial charge in [0.1, 0.15) is 12.1 Å². The number of likely N-dealkylation sites (N-methyl/N-ethyl adjacent to an activating group) is 1. The van der Waals surface area contributed by atoms with Gasteiger partial charge >= 0.3 is 0 Å². The van der Waals surface area contributed by atoms with Gasteiger partial charge < -0.3 is 20.2 Å². The molecule has 0 bridgehead atoms. The molecule has 33 heavy (non-hydrogen) atoms. The van der Waals surface area contributed by atoms with Crippen LogP contribution in [0.2, 0.25) is 0 Å². The molecule has 0 saturated carbocycles. The summed E-state index contributed by atoms with van der Waals surface area (Å²) in [6.45, 7) is 14.1. The first kappa shape index (κ1) is 25.6. The second-order valence-electron chi connectivity index (χ2n) is 11.6. The third-order valence-corrected chi connectivity index (χ3v) is 6.87. The number of likely N-dealkylation sites (tertiary alicyclic amines) is 2. The minimum atomic E-state index is -0.706. The quantitative estimate of drug-likeness (QED) is 0.638. The number of aliphatic hydroxyl groups excluding tert-OH is 1. The molecular weight excluding hydrogens is 420 g/mol. The number of aromatic nitrogens is 3. The van der Waals surface area contributed by atoms with Crippen LogP contribution in [0.25, 0.3) is 0 Å². The Morgan fingerprint density at radius 3 is 2.70 bits per heavy atom. The van der Waals surface area contributed by atoms with Gasteiger partial charge in [-0.3, -0.25) is 9.59 Å². The minimum Gasteiger partial charge on any atom is -0.391 e. The summed E-state index contributed by atoms with van der Waals surface area (Å²) in [6, 6.07) is -1.28. The van der Waals surface area contributed by atoms with E-state index in [0.717, 1.165) is 38.2 Å². The average Bonchev–Trinajstić information content (AvgIpc) is 3.32. The van der Waals surface area contributed by atoms with Crippen molar-refractivity contribution in [2.75, 3.05) is 33.2 Å². The van der Waals surface area contributed by atoms with Gasteiger partial charge in [-0.15, -0.1) is 5.10 Å². The zero-order valence-electron chi connectivity index (χ0n) is 21.2. The Morgan fingerprint density at radius 1 is 1.33 bits per heavy atom. The van der Waals surface area contributed by atoms with Gasteiger partial charge in [-0.25, -0.2) is 4.68 Å². The lowest BCUT2D eigenvalue weighted by atomic mass is 9.84. The second-order valence-corrected chi connectivity index (χ2v) is 11.6. The Bertz CT molecular complexity index is 830. The number of β-amino-alcohol motifs (C(OH)–C–C–N with tert-alkyl or cyclic N) is 1. The van der Waals surface area contributed by atoms with Crippen LogP contribution in [0, 0.1) is 10.8 Å². The predicted octanol–water partition coefficient (Wildman–Crippen LogP) is 1.63. The van der Waals surface area contributed by atoms with Crippen LogP contribution in [0.5, 0.6) is 0 Å². The van der Waals surface area contributed by atoms with Crippen LogP contribution >= 0.6 is 0 Å². The normalized spacial score (nSPS) is 24.6. The highest BCUT2D eigenvalue weighted by Gasteiger charge is 2.45. The van der Waals surface area contributed by atoms with Crippen molar-refractivity contribution in [3.63, 3.8) is 0 Å². The van der Waals surface area contributed by atoms with Gasteiger partial charge in [-0.1, -0.05) is 39.8 Å². The smallest absolute Gasteiger partial charge is 0.248 e. The molecule has 0 aliphatic carbocycles. The number of hydrogen-bond acceptors (Lipinski definition) is 6. The predicted molar refractivity (Wildman–Crippen MR) is 126 cm³/mol. The lowest BCUT2D eigenvalue weighted by Gasteiger charge is -2.38. The largest absolute Gasteiger partial charge is 0.391 e. The number of rotatable bonds is 7. The zero-order chi connectivity index (χ0) is 24.4. The maximum absolute atomic E-state index is 13.6. The molecule has 186 valence electrons. The third-order valence-electron chi connectivity index (χ3n) is 6.87. The molecule has 9 heteroatoms. The molecule has 0 aromatic carbocycles. The van der Waals surface area contributed by atoms with E-state index in [1.54, 1.807) is 11.7 Å². The van der Waals surface area contributed by atoms with Crippen LogP contribution in [0.3, 0.4) is 0 Å². The van der Waals surface area contributed by atoms with E-state index in [1.807, 2.05) is 27.0 Å². The van der Waals surface area contributed by atoms with Crippen molar-refractivity contribution in [3.8, 4) is 0 Å². The zero-order valence-corrected chi connectivity index (χ0v) is 21.2. The summed E-state index contributed by atoms with van der Waals surface area (Å²) in [7, 11) is 1.55. The third kappa shape index (κ3) is 6.32. The summed E-state index contributed by atoms with van der Waals surface area (Å²) in [5.41, 5.74) is 0.817. The summed E-state index contributed by atoms with van der Waals surface area (Å²) < 4.78 is 1.65. The highest BCUT2D eigenvalue weighted by atomic mass is 16.3. The van der Waals surface area contributed by atoms with Gasteiger partial charge in [0, 0.05) is 32.8 Å². The fourth-order valence-corrected chi connectivity index (χ4v) is 5.28. The summed E-state index contributed by atoms with van der Waals surface area (Å²) in [5, 5.41) is 21.4.